The Hall–Kier alpha value is -1.37. The van der Waals surface area contributed by atoms with Crippen LogP contribution in [0.25, 0.3) is 0 Å². The third-order valence-corrected chi connectivity index (χ3v) is 2.64. The molecule has 0 unspecified atom stereocenters. The van der Waals surface area contributed by atoms with Gasteiger partial charge in [0.05, 0.1) is 17.7 Å². The molecule has 17 heavy (non-hydrogen) atoms. The molecular weight excluding hydrogens is 235 g/mol. The summed E-state index contributed by atoms with van der Waals surface area (Å²) in [7, 11) is 0. The minimum atomic E-state index is -4.23. The summed E-state index contributed by atoms with van der Waals surface area (Å²) < 4.78 is 36.2. The molecular formula is C10H12F3N3O. The number of halogens is 3. The second kappa shape index (κ2) is 4.48. The molecule has 2 rings (SSSR count). The van der Waals surface area contributed by atoms with Crippen LogP contribution in [0, 0.1) is 0 Å². The Kier molecular flexibility index (Phi) is 3.19. The Bertz CT molecular complexity index is 467. The van der Waals surface area contributed by atoms with E-state index in [9.17, 15) is 18.0 Å². The van der Waals surface area contributed by atoms with E-state index in [2.05, 4.69) is 15.3 Å². The van der Waals surface area contributed by atoms with Crippen molar-refractivity contribution in [3.8, 4) is 0 Å². The first kappa shape index (κ1) is 12.1. The number of hydrogen-bond acceptors (Lipinski definition) is 3. The highest BCUT2D eigenvalue weighted by Gasteiger charge is 2.27. The van der Waals surface area contributed by atoms with Crippen molar-refractivity contribution in [1.82, 2.24) is 15.3 Å². The lowest BCUT2D eigenvalue weighted by Crippen LogP contribution is -2.32. The summed E-state index contributed by atoms with van der Waals surface area (Å²) in [4.78, 5) is 18.1. The highest BCUT2D eigenvalue weighted by molar-refractivity contribution is 5.20. The third kappa shape index (κ3) is 3.06. The fourth-order valence-electron chi connectivity index (χ4n) is 1.78. The van der Waals surface area contributed by atoms with Gasteiger partial charge in [0, 0.05) is 25.9 Å². The van der Waals surface area contributed by atoms with Gasteiger partial charge < -0.3 is 10.3 Å². The normalized spacial score (nSPS) is 15.7. The Morgan fingerprint density at radius 2 is 2.12 bits per heavy atom. The van der Waals surface area contributed by atoms with Gasteiger partial charge in [0.1, 0.15) is 5.82 Å². The van der Waals surface area contributed by atoms with Crippen molar-refractivity contribution >= 4 is 0 Å². The van der Waals surface area contributed by atoms with Crippen molar-refractivity contribution in [2.75, 3.05) is 6.54 Å². The molecule has 1 aromatic heterocycles. The van der Waals surface area contributed by atoms with Crippen molar-refractivity contribution in [2.24, 2.45) is 0 Å². The van der Waals surface area contributed by atoms with E-state index in [4.69, 9.17) is 0 Å². The van der Waals surface area contributed by atoms with Crippen molar-refractivity contribution in [1.29, 1.82) is 0 Å². The van der Waals surface area contributed by atoms with Gasteiger partial charge in [0.15, 0.2) is 0 Å². The van der Waals surface area contributed by atoms with Gasteiger partial charge in [-0.1, -0.05) is 0 Å². The average molecular weight is 247 g/mol. The molecule has 0 saturated carbocycles. The predicted molar refractivity (Wildman–Crippen MR) is 54.6 cm³/mol. The number of nitrogens with one attached hydrogen (secondary N) is 2. The van der Waals surface area contributed by atoms with Crippen LogP contribution < -0.4 is 10.9 Å². The number of aromatic amines is 1. The molecule has 0 aromatic carbocycles. The molecule has 0 bridgehead atoms. The quantitative estimate of drug-likeness (QED) is 0.816. The van der Waals surface area contributed by atoms with E-state index in [1.54, 1.807) is 0 Å². The van der Waals surface area contributed by atoms with Gasteiger partial charge in [-0.3, -0.25) is 4.79 Å². The summed E-state index contributed by atoms with van der Waals surface area (Å²) in [6.45, 7) is 1.12. The van der Waals surface area contributed by atoms with E-state index in [0.29, 0.717) is 30.8 Å². The minimum absolute atomic E-state index is 0.118. The van der Waals surface area contributed by atoms with Gasteiger partial charge in [0.25, 0.3) is 5.56 Å². The molecule has 94 valence electrons. The maximum absolute atomic E-state index is 12.1. The van der Waals surface area contributed by atoms with Crippen LogP contribution in [0.2, 0.25) is 0 Å². The van der Waals surface area contributed by atoms with Gasteiger partial charge in [-0.25, -0.2) is 4.98 Å². The topological polar surface area (TPSA) is 57.8 Å². The van der Waals surface area contributed by atoms with Crippen molar-refractivity contribution in [3.05, 3.63) is 27.4 Å². The molecule has 0 spiro atoms. The summed E-state index contributed by atoms with van der Waals surface area (Å²) in [6.07, 6.45) is -4.89. The summed E-state index contributed by atoms with van der Waals surface area (Å²) in [5.74, 6) is 0.118. The number of aromatic nitrogens is 2. The first-order chi connectivity index (χ1) is 7.96. The monoisotopic (exact) mass is 247 g/mol. The Balaban J connectivity index is 2.20. The lowest BCUT2D eigenvalue weighted by molar-refractivity contribution is -0.134. The van der Waals surface area contributed by atoms with E-state index in [1.807, 2.05) is 0 Å². The third-order valence-electron chi connectivity index (χ3n) is 2.64. The molecule has 4 nitrogen and oxygen atoms in total. The van der Waals surface area contributed by atoms with Crippen LogP contribution in [0.4, 0.5) is 13.2 Å². The van der Waals surface area contributed by atoms with Gasteiger partial charge in [0.2, 0.25) is 0 Å². The summed E-state index contributed by atoms with van der Waals surface area (Å²) >= 11 is 0. The number of alkyl halides is 3. The second-order valence-corrected chi connectivity index (χ2v) is 3.98. The molecule has 0 radical (unpaired) electrons. The van der Waals surface area contributed by atoms with Crippen molar-refractivity contribution in [2.45, 2.75) is 32.0 Å². The van der Waals surface area contributed by atoms with E-state index in [1.165, 1.54) is 0 Å². The van der Waals surface area contributed by atoms with E-state index < -0.39 is 12.6 Å². The van der Waals surface area contributed by atoms with Crippen LogP contribution in [-0.4, -0.2) is 22.7 Å². The average Bonchev–Trinajstić information content (AvgIpc) is 2.26. The number of H-pyrrole nitrogens is 1. The van der Waals surface area contributed by atoms with Gasteiger partial charge in [-0.15, -0.1) is 0 Å². The molecule has 1 aliphatic heterocycles. The van der Waals surface area contributed by atoms with Crippen LogP contribution in [0.15, 0.2) is 4.79 Å². The number of rotatable bonds is 2. The van der Waals surface area contributed by atoms with Gasteiger partial charge in [-0.05, 0) is 0 Å². The van der Waals surface area contributed by atoms with Crippen LogP contribution in [0.1, 0.15) is 23.5 Å². The summed E-state index contributed by atoms with van der Waals surface area (Å²) in [6, 6.07) is 0. The predicted octanol–water partition coefficient (Wildman–Crippen LogP) is 0.911. The fourth-order valence-corrected chi connectivity index (χ4v) is 1.78. The SMILES string of the molecule is O=c1[nH]c(CCC(F)(F)F)nc2c1CNCC2. The lowest BCUT2D eigenvalue weighted by Gasteiger charge is -2.16. The second-order valence-electron chi connectivity index (χ2n) is 3.98. The molecule has 0 amide bonds. The zero-order valence-electron chi connectivity index (χ0n) is 9.02. The number of fused-ring (bicyclic) bond motifs is 1. The summed E-state index contributed by atoms with van der Waals surface area (Å²) in [5, 5.41) is 3.02. The van der Waals surface area contributed by atoms with Crippen LogP contribution in [-0.2, 0) is 19.4 Å². The van der Waals surface area contributed by atoms with Gasteiger partial charge in [-0.2, -0.15) is 13.2 Å². The maximum atomic E-state index is 12.1. The molecule has 0 fully saturated rings. The summed E-state index contributed by atoms with van der Waals surface area (Å²) in [5.41, 5.74) is 0.816. The van der Waals surface area contributed by atoms with E-state index in [-0.39, 0.29) is 17.8 Å². The van der Waals surface area contributed by atoms with Crippen LogP contribution >= 0.6 is 0 Å². The lowest BCUT2D eigenvalue weighted by atomic mass is 10.1. The molecule has 7 heteroatoms. The molecule has 1 aliphatic rings. The minimum Gasteiger partial charge on any atom is -0.312 e. The Labute approximate surface area is 95.3 Å². The smallest absolute Gasteiger partial charge is 0.312 e. The first-order valence-electron chi connectivity index (χ1n) is 5.34. The molecule has 0 aliphatic carbocycles. The van der Waals surface area contributed by atoms with E-state index in [0.717, 1.165) is 0 Å². The van der Waals surface area contributed by atoms with Crippen molar-refractivity contribution < 1.29 is 13.2 Å². The van der Waals surface area contributed by atoms with E-state index >= 15 is 0 Å². The maximum Gasteiger partial charge on any atom is 0.389 e. The number of nitrogens with zero attached hydrogens (tertiary/aromatic N) is 1. The zero-order chi connectivity index (χ0) is 12.5. The molecule has 0 saturated heterocycles. The van der Waals surface area contributed by atoms with Crippen LogP contribution in [0.3, 0.4) is 0 Å². The molecule has 2 N–H and O–H groups in total. The highest BCUT2D eigenvalue weighted by Crippen LogP contribution is 2.21. The van der Waals surface area contributed by atoms with Gasteiger partial charge >= 0.3 is 6.18 Å². The first-order valence-corrected chi connectivity index (χ1v) is 5.34. The Morgan fingerprint density at radius 3 is 2.82 bits per heavy atom. The molecule has 1 aromatic rings. The van der Waals surface area contributed by atoms with Crippen molar-refractivity contribution in [3.63, 3.8) is 0 Å². The molecule has 2 heterocycles. The fraction of sp³-hybridized carbons (Fsp3) is 0.600. The number of hydrogen-bond donors (Lipinski definition) is 2. The number of aryl methyl sites for hydroxylation is 1. The largest absolute Gasteiger partial charge is 0.389 e. The van der Waals surface area contributed by atoms with Crippen LogP contribution in [0.5, 0.6) is 0 Å². The zero-order valence-corrected chi connectivity index (χ0v) is 9.02. The Morgan fingerprint density at radius 1 is 1.35 bits per heavy atom. The highest BCUT2D eigenvalue weighted by atomic mass is 19.4. The standard InChI is InChI=1S/C10H12F3N3O/c11-10(12,13)3-1-8-15-7-2-4-14-5-6(7)9(17)16-8/h14H,1-5H2,(H,15,16,17). The molecule has 0 atom stereocenters.